The summed E-state index contributed by atoms with van der Waals surface area (Å²) < 4.78 is 0. The van der Waals surface area contributed by atoms with Crippen molar-refractivity contribution in [3.05, 3.63) is 71.3 Å². The first-order valence-electron chi connectivity index (χ1n) is 7.79. The Bertz CT molecular complexity index is 645. The van der Waals surface area contributed by atoms with Gasteiger partial charge in [-0.15, -0.1) is 12.4 Å². The molecule has 0 heterocycles. The Morgan fingerprint density at radius 3 is 2.39 bits per heavy atom. The molecule has 122 valence electrons. The number of carboxylic acids is 1. The zero-order chi connectivity index (χ0) is 15.4. The molecular weight excluding hydrogens is 310 g/mol. The van der Waals surface area contributed by atoms with Gasteiger partial charge >= 0.3 is 5.97 Å². The van der Waals surface area contributed by atoms with E-state index in [9.17, 15) is 9.90 Å². The highest BCUT2D eigenvalue weighted by molar-refractivity contribution is 5.85. The molecule has 23 heavy (non-hydrogen) atoms. The minimum Gasteiger partial charge on any atom is -0.480 e. The monoisotopic (exact) mass is 331 g/mol. The van der Waals surface area contributed by atoms with E-state index < -0.39 is 5.97 Å². The van der Waals surface area contributed by atoms with E-state index in [2.05, 4.69) is 41.3 Å². The van der Waals surface area contributed by atoms with Crippen LogP contribution < -0.4 is 0 Å². The summed E-state index contributed by atoms with van der Waals surface area (Å²) in [6.45, 7) is 0.793. The van der Waals surface area contributed by atoms with Crippen molar-refractivity contribution in [3.8, 4) is 0 Å². The number of carbonyl (C=O) groups is 1. The van der Waals surface area contributed by atoms with Crippen molar-refractivity contribution in [2.45, 2.75) is 31.8 Å². The van der Waals surface area contributed by atoms with Crippen LogP contribution in [0.4, 0.5) is 0 Å². The lowest BCUT2D eigenvalue weighted by molar-refractivity contribution is -0.139. The van der Waals surface area contributed by atoms with Gasteiger partial charge in [0.2, 0.25) is 0 Å². The average molecular weight is 332 g/mol. The van der Waals surface area contributed by atoms with Crippen LogP contribution in [0.5, 0.6) is 0 Å². The van der Waals surface area contributed by atoms with Crippen molar-refractivity contribution in [2.75, 3.05) is 6.54 Å². The second-order valence-corrected chi connectivity index (χ2v) is 5.95. The van der Waals surface area contributed by atoms with Crippen LogP contribution in [0.25, 0.3) is 0 Å². The molecule has 0 spiro atoms. The third-order valence-electron chi connectivity index (χ3n) is 4.40. The number of aryl methyl sites for hydroxylation is 1. The predicted octanol–water partition coefficient (Wildman–Crippen LogP) is 3.55. The number of halogens is 1. The molecule has 0 saturated carbocycles. The molecule has 0 fully saturated rings. The van der Waals surface area contributed by atoms with Gasteiger partial charge in [-0.25, -0.2) is 0 Å². The summed E-state index contributed by atoms with van der Waals surface area (Å²) in [6, 6.07) is 18.9. The first-order chi connectivity index (χ1) is 10.7. The molecule has 1 unspecified atom stereocenters. The molecule has 2 aromatic rings. The number of nitrogens with zero attached hydrogens (tertiary/aromatic N) is 1. The van der Waals surface area contributed by atoms with Crippen molar-refractivity contribution in [1.82, 2.24) is 4.90 Å². The summed E-state index contributed by atoms with van der Waals surface area (Å²) in [5, 5.41) is 9.25. The Kier molecular flexibility index (Phi) is 6.20. The van der Waals surface area contributed by atoms with Crippen LogP contribution in [0.1, 0.15) is 23.1 Å². The quantitative estimate of drug-likeness (QED) is 0.910. The van der Waals surface area contributed by atoms with Crippen molar-refractivity contribution < 1.29 is 9.90 Å². The van der Waals surface area contributed by atoms with Gasteiger partial charge in [-0.3, -0.25) is 9.69 Å². The van der Waals surface area contributed by atoms with Gasteiger partial charge in [-0.2, -0.15) is 0 Å². The number of fused-ring (bicyclic) bond motifs is 1. The fourth-order valence-corrected chi connectivity index (χ4v) is 3.30. The van der Waals surface area contributed by atoms with E-state index >= 15 is 0 Å². The molecule has 0 aliphatic heterocycles. The Hall–Kier alpha value is -1.84. The zero-order valence-corrected chi connectivity index (χ0v) is 13.8. The van der Waals surface area contributed by atoms with Crippen LogP contribution in [0.2, 0.25) is 0 Å². The van der Waals surface area contributed by atoms with Crippen molar-refractivity contribution >= 4 is 18.4 Å². The van der Waals surface area contributed by atoms with Crippen LogP contribution in [0.15, 0.2) is 54.6 Å². The fraction of sp³-hybridized carbons (Fsp3) is 0.316. The number of hydrogen-bond acceptors (Lipinski definition) is 2. The van der Waals surface area contributed by atoms with E-state index in [1.807, 2.05) is 18.2 Å². The molecule has 1 atom stereocenters. The van der Waals surface area contributed by atoms with Gasteiger partial charge < -0.3 is 5.11 Å². The normalized spacial score (nSPS) is 16.5. The second-order valence-electron chi connectivity index (χ2n) is 5.95. The summed E-state index contributed by atoms with van der Waals surface area (Å²) in [7, 11) is 0. The highest BCUT2D eigenvalue weighted by atomic mass is 35.5. The molecule has 3 nitrogen and oxygen atoms in total. The molecule has 0 radical (unpaired) electrons. The van der Waals surface area contributed by atoms with E-state index in [-0.39, 0.29) is 19.0 Å². The van der Waals surface area contributed by atoms with Crippen LogP contribution >= 0.6 is 12.4 Å². The molecule has 0 amide bonds. The summed E-state index contributed by atoms with van der Waals surface area (Å²) in [6.07, 6.45) is 3.00. The highest BCUT2D eigenvalue weighted by Crippen LogP contribution is 2.25. The molecule has 4 heteroatoms. The molecule has 1 aliphatic carbocycles. The third kappa shape index (κ3) is 4.57. The Labute approximate surface area is 143 Å². The molecular formula is C19H22ClNO2. The first-order valence-corrected chi connectivity index (χ1v) is 7.79. The van der Waals surface area contributed by atoms with E-state index in [0.29, 0.717) is 12.6 Å². The second kappa shape index (κ2) is 8.14. The van der Waals surface area contributed by atoms with Gasteiger partial charge in [0.05, 0.1) is 6.54 Å². The molecule has 2 aromatic carbocycles. The number of carboxylic acid groups (broad SMARTS) is 1. The molecule has 0 aromatic heterocycles. The van der Waals surface area contributed by atoms with Crippen LogP contribution in [-0.4, -0.2) is 28.6 Å². The summed E-state index contributed by atoms with van der Waals surface area (Å²) in [5.74, 6) is -0.755. The predicted molar refractivity (Wildman–Crippen MR) is 94.0 cm³/mol. The minimum absolute atomic E-state index is 0. The van der Waals surface area contributed by atoms with Crippen LogP contribution in [-0.2, 0) is 24.2 Å². The number of rotatable bonds is 5. The smallest absolute Gasteiger partial charge is 0.317 e. The number of benzene rings is 2. The van der Waals surface area contributed by atoms with Crippen LogP contribution in [0.3, 0.4) is 0 Å². The highest BCUT2D eigenvalue weighted by Gasteiger charge is 2.25. The third-order valence-corrected chi connectivity index (χ3v) is 4.40. The summed E-state index contributed by atoms with van der Waals surface area (Å²) >= 11 is 0. The first kappa shape index (κ1) is 17.5. The minimum atomic E-state index is -0.755. The Balaban J connectivity index is 0.00000192. The van der Waals surface area contributed by atoms with Crippen molar-refractivity contribution in [2.24, 2.45) is 0 Å². The topological polar surface area (TPSA) is 40.5 Å². The van der Waals surface area contributed by atoms with Gasteiger partial charge in [0.1, 0.15) is 0 Å². The Morgan fingerprint density at radius 2 is 1.70 bits per heavy atom. The van der Waals surface area contributed by atoms with E-state index in [4.69, 9.17) is 0 Å². The number of aliphatic carboxylic acids is 1. The van der Waals surface area contributed by atoms with E-state index in [0.717, 1.165) is 19.3 Å². The lowest BCUT2D eigenvalue weighted by Crippen LogP contribution is -2.41. The SMILES string of the molecule is Cl.O=C(O)CN(Cc1ccccc1)C1CCc2ccccc2C1. The molecule has 0 bridgehead atoms. The van der Waals surface area contributed by atoms with Crippen molar-refractivity contribution in [1.29, 1.82) is 0 Å². The van der Waals surface area contributed by atoms with Gasteiger partial charge in [0.15, 0.2) is 0 Å². The maximum absolute atomic E-state index is 11.2. The lowest BCUT2D eigenvalue weighted by Gasteiger charge is -2.34. The number of hydrogen-bond donors (Lipinski definition) is 1. The Morgan fingerprint density at radius 1 is 1.04 bits per heavy atom. The van der Waals surface area contributed by atoms with E-state index in [1.165, 1.54) is 16.7 Å². The van der Waals surface area contributed by atoms with Gasteiger partial charge in [-0.05, 0) is 36.0 Å². The standard InChI is InChI=1S/C19H21NO2.ClH/c21-19(22)14-20(13-15-6-2-1-3-7-15)18-11-10-16-8-4-5-9-17(16)12-18;/h1-9,18H,10-14H2,(H,21,22);1H. The average Bonchev–Trinajstić information content (AvgIpc) is 2.54. The summed E-state index contributed by atoms with van der Waals surface area (Å²) in [5.41, 5.74) is 3.94. The fourth-order valence-electron chi connectivity index (χ4n) is 3.30. The molecule has 1 aliphatic rings. The molecule has 1 N–H and O–H groups in total. The van der Waals surface area contributed by atoms with Gasteiger partial charge in [0, 0.05) is 12.6 Å². The largest absolute Gasteiger partial charge is 0.480 e. The lowest BCUT2D eigenvalue weighted by atomic mass is 9.87. The maximum atomic E-state index is 11.2. The van der Waals surface area contributed by atoms with Gasteiger partial charge in [-0.1, -0.05) is 54.6 Å². The van der Waals surface area contributed by atoms with Crippen molar-refractivity contribution in [3.63, 3.8) is 0 Å². The van der Waals surface area contributed by atoms with Gasteiger partial charge in [0.25, 0.3) is 0 Å². The summed E-state index contributed by atoms with van der Waals surface area (Å²) in [4.78, 5) is 13.4. The maximum Gasteiger partial charge on any atom is 0.317 e. The zero-order valence-electron chi connectivity index (χ0n) is 13.0. The molecule has 0 saturated heterocycles. The van der Waals surface area contributed by atoms with Crippen LogP contribution in [0, 0.1) is 0 Å². The molecule has 3 rings (SSSR count). The van der Waals surface area contributed by atoms with E-state index in [1.54, 1.807) is 0 Å².